The monoisotopic (exact) mass is 374 g/mol. The lowest BCUT2D eigenvalue weighted by Gasteiger charge is -2.43. The van der Waals surface area contributed by atoms with Gasteiger partial charge in [-0.1, -0.05) is 27.5 Å². The molecule has 0 saturated carbocycles. The van der Waals surface area contributed by atoms with Gasteiger partial charge < -0.3 is 14.2 Å². The maximum Gasteiger partial charge on any atom is 0.123 e. The SMILES string of the molecule is Clc1ccc(OC2CCOC3(CCOCC3)C2)c(CBr)c1. The van der Waals surface area contributed by atoms with E-state index < -0.39 is 0 Å². The summed E-state index contributed by atoms with van der Waals surface area (Å²) in [6.45, 7) is 2.35. The van der Waals surface area contributed by atoms with Gasteiger partial charge in [0.25, 0.3) is 0 Å². The van der Waals surface area contributed by atoms with Crippen LogP contribution in [0.2, 0.25) is 5.02 Å². The number of hydrogen-bond acceptors (Lipinski definition) is 3. The van der Waals surface area contributed by atoms with Crippen molar-refractivity contribution in [3.8, 4) is 5.75 Å². The zero-order valence-corrected chi connectivity index (χ0v) is 14.3. The molecular weight excluding hydrogens is 356 g/mol. The molecule has 1 aromatic rings. The quantitative estimate of drug-likeness (QED) is 0.735. The molecule has 3 rings (SSSR count). The third kappa shape index (κ3) is 3.73. The van der Waals surface area contributed by atoms with E-state index in [9.17, 15) is 0 Å². The molecule has 1 aromatic carbocycles. The first kappa shape index (κ1) is 15.6. The molecule has 2 saturated heterocycles. The number of alkyl halides is 1. The van der Waals surface area contributed by atoms with Crippen molar-refractivity contribution in [3.63, 3.8) is 0 Å². The van der Waals surface area contributed by atoms with E-state index in [4.69, 9.17) is 25.8 Å². The number of rotatable bonds is 3. The first-order valence-corrected chi connectivity index (χ1v) is 8.93. The fourth-order valence-electron chi connectivity index (χ4n) is 3.12. The molecule has 2 heterocycles. The molecule has 0 radical (unpaired) electrons. The lowest BCUT2D eigenvalue weighted by atomic mass is 9.85. The van der Waals surface area contributed by atoms with Crippen LogP contribution in [0.1, 0.15) is 31.2 Å². The van der Waals surface area contributed by atoms with Crippen LogP contribution < -0.4 is 4.74 Å². The van der Waals surface area contributed by atoms with Crippen molar-refractivity contribution in [2.24, 2.45) is 0 Å². The predicted octanol–water partition coefficient (Wildman–Crippen LogP) is 4.34. The third-order valence-corrected chi connectivity index (χ3v) is 5.15. The maximum atomic E-state index is 6.25. The van der Waals surface area contributed by atoms with Crippen molar-refractivity contribution in [3.05, 3.63) is 28.8 Å². The zero-order chi connectivity index (χ0) is 14.7. The van der Waals surface area contributed by atoms with E-state index in [2.05, 4.69) is 15.9 Å². The third-order valence-electron chi connectivity index (χ3n) is 4.31. The molecule has 0 amide bonds. The van der Waals surface area contributed by atoms with E-state index in [0.29, 0.717) is 0 Å². The first-order valence-electron chi connectivity index (χ1n) is 7.43. The van der Waals surface area contributed by atoms with Crippen LogP contribution in [0.25, 0.3) is 0 Å². The second kappa shape index (κ2) is 6.86. The molecule has 2 fully saturated rings. The normalized spacial score (nSPS) is 25.0. The highest BCUT2D eigenvalue weighted by atomic mass is 79.9. The Labute approximate surface area is 139 Å². The Hall–Kier alpha value is -0.290. The molecule has 3 nitrogen and oxygen atoms in total. The summed E-state index contributed by atoms with van der Waals surface area (Å²) < 4.78 is 17.8. The molecular formula is C16H20BrClO3. The highest BCUT2D eigenvalue weighted by molar-refractivity contribution is 9.08. The van der Waals surface area contributed by atoms with Crippen molar-refractivity contribution in [2.45, 2.75) is 42.7 Å². The molecule has 0 bridgehead atoms. The summed E-state index contributed by atoms with van der Waals surface area (Å²) in [5, 5.41) is 1.48. The Bertz CT molecular complexity index is 483. The van der Waals surface area contributed by atoms with E-state index >= 15 is 0 Å². The maximum absolute atomic E-state index is 6.25. The highest BCUT2D eigenvalue weighted by Gasteiger charge is 2.40. The average Bonchev–Trinajstić information content (AvgIpc) is 2.50. The Balaban J connectivity index is 1.70. The van der Waals surface area contributed by atoms with E-state index in [1.807, 2.05) is 18.2 Å². The van der Waals surface area contributed by atoms with Gasteiger partial charge in [-0.25, -0.2) is 0 Å². The molecule has 1 atom stereocenters. The lowest BCUT2D eigenvalue weighted by Crippen LogP contribution is -2.47. The van der Waals surface area contributed by atoms with Crippen LogP contribution in [0.3, 0.4) is 0 Å². The van der Waals surface area contributed by atoms with Gasteiger partial charge in [-0.2, -0.15) is 0 Å². The minimum atomic E-state index is -0.0395. The predicted molar refractivity (Wildman–Crippen MR) is 86.5 cm³/mol. The molecule has 0 N–H and O–H groups in total. The second-order valence-corrected chi connectivity index (χ2v) is 6.76. The van der Waals surface area contributed by atoms with E-state index in [1.165, 1.54) is 0 Å². The van der Waals surface area contributed by atoms with Gasteiger partial charge >= 0.3 is 0 Å². The van der Waals surface area contributed by atoms with Gasteiger partial charge in [-0.05, 0) is 31.0 Å². The zero-order valence-electron chi connectivity index (χ0n) is 11.9. The van der Waals surface area contributed by atoms with Crippen LogP contribution in [0, 0.1) is 0 Å². The summed E-state index contributed by atoms with van der Waals surface area (Å²) in [6.07, 6.45) is 4.03. The minimum absolute atomic E-state index is 0.0395. The molecule has 116 valence electrons. The summed E-state index contributed by atoms with van der Waals surface area (Å²) in [5.41, 5.74) is 1.05. The first-order chi connectivity index (χ1) is 10.2. The second-order valence-electron chi connectivity index (χ2n) is 5.76. The van der Waals surface area contributed by atoms with Crippen LogP contribution in [-0.4, -0.2) is 31.5 Å². The molecule has 1 spiro atoms. The Morgan fingerprint density at radius 1 is 1.29 bits per heavy atom. The summed E-state index contributed by atoms with van der Waals surface area (Å²) in [7, 11) is 0. The van der Waals surface area contributed by atoms with Gasteiger partial charge in [0.15, 0.2) is 0 Å². The molecule has 0 aromatic heterocycles. The standard InChI is InChI=1S/C16H20BrClO3/c17-11-12-9-13(18)1-2-15(12)21-14-3-6-20-16(10-14)4-7-19-8-5-16/h1-2,9,14H,3-8,10-11H2. The fourth-order valence-corrected chi connectivity index (χ4v) is 3.76. The summed E-state index contributed by atoms with van der Waals surface area (Å²) in [4.78, 5) is 0. The number of hydrogen-bond donors (Lipinski definition) is 0. The number of halogens is 2. The van der Waals surface area contributed by atoms with Crippen LogP contribution in [-0.2, 0) is 14.8 Å². The minimum Gasteiger partial charge on any atom is -0.490 e. The molecule has 0 aliphatic carbocycles. The van der Waals surface area contributed by atoms with E-state index in [0.717, 1.165) is 67.2 Å². The number of benzene rings is 1. The largest absolute Gasteiger partial charge is 0.490 e. The van der Waals surface area contributed by atoms with Crippen LogP contribution >= 0.6 is 27.5 Å². The molecule has 21 heavy (non-hydrogen) atoms. The van der Waals surface area contributed by atoms with Crippen molar-refractivity contribution in [1.82, 2.24) is 0 Å². The van der Waals surface area contributed by atoms with Crippen molar-refractivity contribution >= 4 is 27.5 Å². The Morgan fingerprint density at radius 3 is 2.86 bits per heavy atom. The van der Waals surface area contributed by atoms with E-state index in [1.54, 1.807) is 0 Å². The van der Waals surface area contributed by atoms with Crippen LogP contribution in [0.15, 0.2) is 18.2 Å². The molecule has 1 unspecified atom stereocenters. The van der Waals surface area contributed by atoms with Crippen LogP contribution in [0.5, 0.6) is 5.75 Å². The van der Waals surface area contributed by atoms with Crippen molar-refractivity contribution < 1.29 is 14.2 Å². The molecule has 5 heteroatoms. The average molecular weight is 376 g/mol. The van der Waals surface area contributed by atoms with Gasteiger partial charge in [-0.15, -0.1) is 0 Å². The molecule has 2 aliphatic rings. The van der Waals surface area contributed by atoms with Gasteiger partial charge in [0.05, 0.1) is 12.2 Å². The van der Waals surface area contributed by atoms with E-state index in [-0.39, 0.29) is 11.7 Å². The Kier molecular flexibility index (Phi) is 5.10. The van der Waals surface area contributed by atoms with Crippen molar-refractivity contribution in [1.29, 1.82) is 0 Å². The Morgan fingerprint density at radius 2 is 2.10 bits per heavy atom. The van der Waals surface area contributed by atoms with Gasteiger partial charge in [0, 0.05) is 42.0 Å². The van der Waals surface area contributed by atoms with Gasteiger partial charge in [0.2, 0.25) is 0 Å². The van der Waals surface area contributed by atoms with Crippen LogP contribution in [0.4, 0.5) is 0 Å². The smallest absolute Gasteiger partial charge is 0.123 e. The van der Waals surface area contributed by atoms with Gasteiger partial charge in [0.1, 0.15) is 11.9 Å². The number of ether oxygens (including phenoxy) is 3. The summed E-state index contributed by atoms with van der Waals surface area (Å²) >= 11 is 9.54. The summed E-state index contributed by atoms with van der Waals surface area (Å²) in [6, 6.07) is 5.80. The molecule has 2 aliphatic heterocycles. The lowest BCUT2D eigenvalue weighted by molar-refractivity contribution is -0.155. The fraction of sp³-hybridized carbons (Fsp3) is 0.625. The summed E-state index contributed by atoms with van der Waals surface area (Å²) in [5.74, 6) is 0.922. The topological polar surface area (TPSA) is 27.7 Å². The van der Waals surface area contributed by atoms with Gasteiger partial charge in [-0.3, -0.25) is 0 Å². The highest BCUT2D eigenvalue weighted by Crippen LogP contribution is 2.36. The van der Waals surface area contributed by atoms with Crippen molar-refractivity contribution in [2.75, 3.05) is 19.8 Å².